The van der Waals surface area contributed by atoms with E-state index in [1.54, 1.807) is 0 Å². The largest absolute Gasteiger partial charge is 0.489 e. The summed E-state index contributed by atoms with van der Waals surface area (Å²) in [6.07, 6.45) is 0.834. The number of carbonyl (C=O) groups excluding carboxylic acids is 1. The Hall–Kier alpha value is -3.08. The standard InChI is InChI=1S/C26H33N3O2/c1-19-16-20(2)29(28-19)15-7-14-27-25(30)22-9-6-8-21(17-22)18-31-24-12-10-23(11-13-24)26(3,4)5/h6,8-13,16-17H,7,14-15,18H2,1-5H3,(H,27,30). The number of rotatable bonds is 8. The summed E-state index contributed by atoms with van der Waals surface area (Å²) in [5.41, 5.74) is 5.17. The summed E-state index contributed by atoms with van der Waals surface area (Å²) in [6, 6.07) is 17.9. The highest BCUT2D eigenvalue weighted by molar-refractivity contribution is 5.94. The molecule has 0 spiro atoms. The van der Waals surface area contributed by atoms with Gasteiger partial charge < -0.3 is 10.1 Å². The van der Waals surface area contributed by atoms with Crippen LogP contribution in [0.25, 0.3) is 0 Å². The summed E-state index contributed by atoms with van der Waals surface area (Å²) in [4.78, 5) is 12.5. The Labute approximate surface area is 185 Å². The molecular weight excluding hydrogens is 386 g/mol. The second-order valence-electron chi connectivity index (χ2n) is 9.02. The van der Waals surface area contributed by atoms with Crippen molar-refractivity contribution >= 4 is 5.91 Å². The van der Waals surface area contributed by atoms with Gasteiger partial charge in [-0.3, -0.25) is 9.48 Å². The predicted octanol–water partition coefficient (Wildman–Crippen LogP) is 5.20. The molecule has 1 heterocycles. The summed E-state index contributed by atoms with van der Waals surface area (Å²) < 4.78 is 7.89. The molecule has 0 fully saturated rings. The van der Waals surface area contributed by atoms with Crippen molar-refractivity contribution in [1.82, 2.24) is 15.1 Å². The molecule has 1 aromatic heterocycles. The molecule has 3 rings (SSSR count). The van der Waals surface area contributed by atoms with Crippen molar-refractivity contribution in [2.75, 3.05) is 6.54 Å². The molecule has 31 heavy (non-hydrogen) atoms. The van der Waals surface area contributed by atoms with Crippen LogP contribution in [0.3, 0.4) is 0 Å². The number of carbonyl (C=O) groups is 1. The van der Waals surface area contributed by atoms with Gasteiger partial charge in [0.2, 0.25) is 0 Å². The average molecular weight is 420 g/mol. The molecule has 164 valence electrons. The van der Waals surface area contributed by atoms with Crippen LogP contribution in [-0.4, -0.2) is 22.2 Å². The van der Waals surface area contributed by atoms with E-state index in [0.717, 1.165) is 35.7 Å². The molecule has 1 N–H and O–H groups in total. The molecular formula is C26H33N3O2. The third kappa shape index (κ3) is 6.45. The first-order valence-corrected chi connectivity index (χ1v) is 10.8. The predicted molar refractivity (Wildman–Crippen MR) is 125 cm³/mol. The van der Waals surface area contributed by atoms with Gasteiger partial charge in [-0.05, 0) is 67.1 Å². The van der Waals surface area contributed by atoms with Gasteiger partial charge in [0, 0.05) is 24.3 Å². The first kappa shape index (κ1) is 22.6. The van der Waals surface area contributed by atoms with E-state index in [0.29, 0.717) is 18.7 Å². The van der Waals surface area contributed by atoms with Crippen LogP contribution >= 0.6 is 0 Å². The second-order valence-corrected chi connectivity index (χ2v) is 9.02. The molecule has 0 unspecified atom stereocenters. The molecule has 0 saturated carbocycles. The van der Waals surface area contributed by atoms with Crippen LogP contribution in [0.15, 0.2) is 54.6 Å². The quantitative estimate of drug-likeness (QED) is 0.511. The van der Waals surface area contributed by atoms with E-state index in [1.807, 2.05) is 54.9 Å². The van der Waals surface area contributed by atoms with E-state index < -0.39 is 0 Å². The summed E-state index contributed by atoms with van der Waals surface area (Å²) in [5, 5.41) is 7.44. The maximum absolute atomic E-state index is 12.5. The molecule has 2 aromatic carbocycles. The molecule has 0 saturated heterocycles. The van der Waals surface area contributed by atoms with E-state index in [-0.39, 0.29) is 11.3 Å². The van der Waals surface area contributed by atoms with E-state index >= 15 is 0 Å². The Bertz CT molecular complexity index is 1010. The van der Waals surface area contributed by atoms with E-state index in [1.165, 1.54) is 5.56 Å². The zero-order valence-electron chi connectivity index (χ0n) is 19.2. The highest BCUT2D eigenvalue weighted by Crippen LogP contribution is 2.24. The fourth-order valence-electron chi connectivity index (χ4n) is 3.45. The van der Waals surface area contributed by atoms with Crippen LogP contribution in [0.5, 0.6) is 5.75 Å². The van der Waals surface area contributed by atoms with Gasteiger partial charge in [-0.25, -0.2) is 0 Å². The van der Waals surface area contributed by atoms with Crippen LogP contribution in [0.1, 0.15) is 60.1 Å². The summed E-state index contributed by atoms with van der Waals surface area (Å²) in [5.74, 6) is 0.761. The third-order valence-electron chi connectivity index (χ3n) is 5.25. The molecule has 0 atom stereocenters. The summed E-state index contributed by atoms with van der Waals surface area (Å²) >= 11 is 0. The van der Waals surface area contributed by atoms with Gasteiger partial charge in [0.1, 0.15) is 12.4 Å². The van der Waals surface area contributed by atoms with Gasteiger partial charge in [0.05, 0.1) is 5.69 Å². The molecule has 0 bridgehead atoms. The number of nitrogens with one attached hydrogen (secondary N) is 1. The van der Waals surface area contributed by atoms with Crippen molar-refractivity contribution in [3.8, 4) is 5.75 Å². The van der Waals surface area contributed by atoms with E-state index in [4.69, 9.17) is 4.74 Å². The second kappa shape index (κ2) is 9.82. The molecule has 0 aliphatic carbocycles. The lowest BCUT2D eigenvalue weighted by atomic mass is 9.87. The average Bonchev–Trinajstić information content (AvgIpc) is 3.06. The first-order valence-electron chi connectivity index (χ1n) is 10.8. The van der Waals surface area contributed by atoms with E-state index in [2.05, 4.69) is 49.4 Å². The Kier molecular flexibility index (Phi) is 7.16. The van der Waals surface area contributed by atoms with Gasteiger partial charge >= 0.3 is 0 Å². The number of nitrogens with zero attached hydrogens (tertiary/aromatic N) is 2. The molecule has 1 amide bonds. The number of aromatic nitrogens is 2. The zero-order chi connectivity index (χ0) is 22.4. The van der Waals surface area contributed by atoms with Crippen LogP contribution in [-0.2, 0) is 18.6 Å². The van der Waals surface area contributed by atoms with Crippen molar-refractivity contribution < 1.29 is 9.53 Å². The lowest BCUT2D eigenvalue weighted by Crippen LogP contribution is -2.25. The lowest BCUT2D eigenvalue weighted by Gasteiger charge is -2.19. The SMILES string of the molecule is Cc1cc(C)n(CCCNC(=O)c2cccc(COc3ccc(C(C)(C)C)cc3)c2)n1. The van der Waals surface area contributed by atoms with Crippen LogP contribution in [0.4, 0.5) is 0 Å². The summed E-state index contributed by atoms with van der Waals surface area (Å²) in [6.45, 7) is 12.4. The number of hydrogen-bond acceptors (Lipinski definition) is 3. The molecule has 0 aliphatic heterocycles. The fourth-order valence-corrected chi connectivity index (χ4v) is 3.45. The monoisotopic (exact) mass is 419 g/mol. The van der Waals surface area contributed by atoms with Crippen LogP contribution in [0.2, 0.25) is 0 Å². The number of hydrogen-bond donors (Lipinski definition) is 1. The minimum atomic E-state index is -0.0650. The Balaban J connectivity index is 1.48. The van der Waals surface area contributed by atoms with Gasteiger partial charge in [-0.2, -0.15) is 5.10 Å². The van der Waals surface area contributed by atoms with Crippen molar-refractivity contribution in [3.63, 3.8) is 0 Å². The Morgan fingerprint density at radius 3 is 2.45 bits per heavy atom. The third-order valence-corrected chi connectivity index (χ3v) is 5.25. The van der Waals surface area contributed by atoms with Gasteiger partial charge in [0.25, 0.3) is 5.91 Å². The van der Waals surface area contributed by atoms with Crippen molar-refractivity contribution in [2.45, 2.75) is 59.6 Å². The van der Waals surface area contributed by atoms with Gasteiger partial charge in [0.15, 0.2) is 0 Å². The molecule has 0 aliphatic rings. The molecule has 3 aromatic rings. The Morgan fingerprint density at radius 1 is 1.06 bits per heavy atom. The van der Waals surface area contributed by atoms with Crippen LogP contribution in [0, 0.1) is 13.8 Å². The number of benzene rings is 2. The maximum atomic E-state index is 12.5. The molecule has 5 heteroatoms. The Morgan fingerprint density at radius 2 is 1.81 bits per heavy atom. The number of aryl methyl sites for hydroxylation is 3. The minimum Gasteiger partial charge on any atom is -0.489 e. The zero-order valence-corrected chi connectivity index (χ0v) is 19.2. The van der Waals surface area contributed by atoms with Crippen LogP contribution < -0.4 is 10.1 Å². The van der Waals surface area contributed by atoms with Gasteiger partial charge in [-0.1, -0.05) is 45.0 Å². The topological polar surface area (TPSA) is 56.2 Å². The number of amides is 1. The highest BCUT2D eigenvalue weighted by Gasteiger charge is 2.13. The number of ether oxygens (including phenoxy) is 1. The first-order chi connectivity index (χ1) is 14.7. The van der Waals surface area contributed by atoms with Crippen molar-refractivity contribution in [1.29, 1.82) is 0 Å². The smallest absolute Gasteiger partial charge is 0.251 e. The molecule has 5 nitrogen and oxygen atoms in total. The van der Waals surface area contributed by atoms with Crippen molar-refractivity contribution in [2.24, 2.45) is 0 Å². The van der Waals surface area contributed by atoms with Crippen molar-refractivity contribution in [3.05, 3.63) is 82.7 Å². The molecule has 0 radical (unpaired) electrons. The van der Waals surface area contributed by atoms with Gasteiger partial charge in [-0.15, -0.1) is 0 Å². The maximum Gasteiger partial charge on any atom is 0.251 e. The van der Waals surface area contributed by atoms with E-state index in [9.17, 15) is 4.79 Å². The fraction of sp³-hybridized carbons (Fsp3) is 0.385. The highest BCUT2D eigenvalue weighted by atomic mass is 16.5. The normalized spacial score (nSPS) is 11.4. The lowest BCUT2D eigenvalue weighted by molar-refractivity contribution is 0.0952. The minimum absolute atomic E-state index is 0.0650. The summed E-state index contributed by atoms with van der Waals surface area (Å²) in [7, 11) is 0.